The molecule has 2 aromatic heterocycles. The van der Waals surface area contributed by atoms with Gasteiger partial charge in [-0.2, -0.15) is 0 Å². The zero-order valence-corrected chi connectivity index (χ0v) is 13.1. The minimum atomic E-state index is -1.04. The largest absolute Gasteiger partial charge is 0.478 e. The van der Waals surface area contributed by atoms with Crippen molar-refractivity contribution in [2.24, 2.45) is 0 Å². The van der Waals surface area contributed by atoms with Crippen LogP contribution in [0.3, 0.4) is 0 Å². The van der Waals surface area contributed by atoms with E-state index >= 15 is 0 Å². The Morgan fingerprint density at radius 2 is 1.78 bits per heavy atom. The molecule has 2 heterocycles. The van der Waals surface area contributed by atoms with Gasteiger partial charge in [0.05, 0.1) is 5.69 Å². The van der Waals surface area contributed by atoms with Gasteiger partial charge in [0.1, 0.15) is 10.6 Å². The fourth-order valence-electron chi connectivity index (χ4n) is 2.21. The van der Waals surface area contributed by atoms with Crippen LogP contribution in [-0.2, 0) is 0 Å². The van der Waals surface area contributed by atoms with Gasteiger partial charge in [0.25, 0.3) is 0 Å². The fourth-order valence-corrected chi connectivity index (χ4v) is 2.78. The maximum atomic E-state index is 11.7. The van der Waals surface area contributed by atoms with E-state index in [0.717, 1.165) is 11.1 Å². The highest BCUT2D eigenvalue weighted by Gasteiger charge is 2.21. The molecular weight excluding hydrogens is 310 g/mol. The van der Waals surface area contributed by atoms with Crippen LogP contribution in [0.2, 0.25) is 0 Å². The van der Waals surface area contributed by atoms with E-state index in [1.54, 1.807) is 24.7 Å². The first-order valence-electron chi connectivity index (χ1n) is 6.86. The highest BCUT2D eigenvalue weighted by molar-refractivity contribution is 7.98. The van der Waals surface area contributed by atoms with Crippen molar-refractivity contribution in [3.05, 3.63) is 60.4 Å². The van der Waals surface area contributed by atoms with Crippen LogP contribution in [0.15, 0.2) is 59.9 Å². The molecule has 3 rings (SSSR count). The zero-order valence-electron chi connectivity index (χ0n) is 12.3. The normalized spacial score (nSPS) is 10.5. The molecule has 6 heteroatoms. The highest BCUT2D eigenvalue weighted by Crippen LogP contribution is 2.30. The summed E-state index contributed by atoms with van der Waals surface area (Å²) in [5.41, 5.74) is 2.03. The first kappa shape index (κ1) is 15.2. The molecule has 23 heavy (non-hydrogen) atoms. The highest BCUT2D eigenvalue weighted by atomic mass is 32.2. The molecule has 5 nitrogen and oxygen atoms in total. The summed E-state index contributed by atoms with van der Waals surface area (Å²) in [5, 5.41) is 10.0. The van der Waals surface area contributed by atoms with E-state index in [2.05, 4.69) is 15.0 Å². The van der Waals surface area contributed by atoms with Crippen molar-refractivity contribution < 1.29 is 9.90 Å². The monoisotopic (exact) mass is 323 g/mol. The Labute approximate surface area is 137 Å². The lowest BCUT2D eigenvalue weighted by atomic mass is 10.1. The standard InChI is InChI=1S/C17H13N3O2S/c1-23-16-13(17(21)22)14(11-6-3-2-4-7-11)19-15(20-16)12-8-5-9-18-10-12/h2-10H,1H3,(H,21,22). The summed E-state index contributed by atoms with van der Waals surface area (Å²) in [5.74, 6) is -0.572. The molecule has 0 aliphatic carbocycles. The number of benzene rings is 1. The maximum Gasteiger partial charge on any atom is 0.340 e. The van der Waals surface area contributed by atoms with E-state index < -0.39 is 5.97 Å². The summed E-state index contributed by atoms with van der Waals surface area (Å²) in [4.78, 5) is 24.7. The number of pyridine rings is 1. The van der Waals surface area contributed by atoms with Gasteiger partial charge >= 0.3 is 5.97 Å². The second kappa shape index (κ2) is 6.58. The molecule has 0 fully saturated rings. The number of nitrogens with zero attached hydrogens (tertiary/aromatic N) is 3. The van der Waals surface area contributed by atoms with Crippen molar-refractivity contribution in [3.8, 4) is 22.6 Å². The number of rotatable bonds is 4. The molecule has 1 N–H and O–H groups in total. The van der Waals surface area contributed by atoms with Crippen LogP contribution in [0.1, 0.15) is 10.4 Å². The van der Waals surface area contributed by atoms with E-state index in [1.165, 1.54) is 11.8 Å². The molecule has 0 saturated heterocycles. The average molecular weight is 323 g/mol. The Balaban J connectivity index is 2.29. The Morgan fingerprint density at radius 1 is 1.04 bits per heavy atom. The Bertz CT molecular complexity index is 839. The third kappa shape index (κ3) is 3.07. The molecule has 0 unspecified atom stereocenters. The first-order valence-corrected chi connectivity index (χ1v) is 8.08. The topological polar surface area (TPSA) is 76.0 Å². The number of carboxylic acids is 1. The van der Waals surface area contributed by atoms with Crippen molar-refractivity contribution in [2.45, 2.75) is 5.03 Å². The molecule has 0 spiro atoms. The number of carboxylic acid groups (broad SMARTS) is 1. The van der Waals surface area contributed by atoms with E-state index in [1.807, 2.05) is 36.4 Å². The maximum absolute atomic E-state index is 11.7. The predicted molar refractivity (Wildman–Crippen MR) is 89.4 cm³/mol. The van der Waals surface area contributed by atoms with Crippen LogP contribution in [0.5, 0.6) is 0 Å². The minimum absolute atomic E-state index is 0.122. The quantitative estimate of drug-likeness (QED) is 0.584. The molecule has 0 atom stereocenters. The van der Waals surface area contributed by atoms with Gasteiger partial charge in [0.2, 0.25) is 0 Å². The van der Waals surface area contributed by atoms with E-state index in [0.29, 0.717) is 16.5 Å². The third-order valence-corrected chi connectivity index (χ3v) is 3.93. The van der Waals surface area contributed by atoms with Gasteiger partial charge in [-0.1, -0.05) is 30.3 Å². The smallest absolute Gasteiger partial charge is 0.340 e. The molecule has 3 aromatic rings. The number of aromatic carboxylic acids is 1. The summed E-state index contributed by atoms with van der Waals surface area (Å²) < 4.78 is 0. The molecule has 0 aliphatic rings. The number of aromatic nitrogens is 3. The summed E-state index contributed by atoms with van der Waals surface area (Å²) in [6.07, 6.45) is 5.13. The van der Waals surface area contributed by atoms with Crippen LogP contribution in [0.25, 0.3) is 22.6 Å². The lowest BCUT2D eigenvalue weighted by Crippen LogP contribution is -2.08. The molecule has 0 aliphatic heterocycles. The van der Waals surface area contributed by atoms with Gasteiger partial charge in [0.15, 0.2) is 5.82 Å². The van der Waals surface area contributed by atoms with Crippen molar-refractivity contribution in [3.63, 3.8) is 0 Å². The minimum Gasteiger partial charge on any atom is -0.478 e. The molecule has 114 valence electrons. The molecular formula is C17H13N3O2S. The number of carbonyl (C=O) groups is 1. The second-order valence-corrected chi connectivity index (χ2v) is 5.49. The van der Waals surface area contributed by atoms with Crippen LogP contribution < -0.4 is 0 Å². The molecule has 0 radical (unpaired) electrons. The van der Waals surface area contributed by atoms with Crippen molar-refractivity contribution in [1.82, 2.24) is 15.0 Å². The van der Waals surface area contributed by atoms with Crippen molar-refractivity contribution in [1.29, 1.82) is 0 Å². The SMILES string of the molecule is CSc1nc(-c2cccnc2)nc(-c2ccccc2)c1C(=O)O. The predicted octanol–water partition coefficient (Wildman–Crippen LogP) is 3.63. The van der Waals surface area contributed by atoms with Crippen LogP contribution >= 0.6 is 11.8 Å². The number of hydrogen-bond acceptors (Lipinski definition) is 5. The second-order valence-electron chi connectivity index (χ2n) is 4.69. The lowest BCUT2D eigenvalue weighted by molar-refractivity contribution is 0.0692. The summed E-state index contributed by atoms with van der Waals surface area (Å²) >= 11 is 1.29. The number of thioether (sulfide) groups is 1. The summed E-state index contributed by atoms with van der Waals surface area (Å²) in [6, 6.07) is 12.9. The Hall–Kier alpha value is -2.73. The van der Waals surface area contributed by atoms with Gasteiger partial charge < -0.3 is 5.11 Å². The van der Waals surface area contributed by atoms with Gasteiger partial charge in [0, 0.05) is 23.5 Å². The molecule has 0 saturated carbocycles. The van der Waals surface area contributed by atoms with Gasteiger partial charge in [-0.25, -0.2) is 14.8 Å². The van der Waals surface area contributed by atoms with Gasteiger partial charge in [-0.05, 0) is 18.4 Å². The molecule has 1 aromatic carbocycles. The number of hydrogen-bond donors (Lipinski definition) is 1. The van der Waals surface area contributed by atoms with E-state index in [9.17, 15) is 9.90 Å². The van der Waals surface area contributed by atoms with Gasteiger partial charge in [-0.15, -0.1) is 11.8 Å². The lowest BCUT2D eigenvalue weighted by Gasteiger charge is -2.11. The van der Waals surface area contributed by atoms with Crippen molar-refractivity contribution in [2.75, 3.05) is 6.26 Å². The van der Waals surface area contributed by atoms with Crippen LogP contribution in [0.4, 0.5) is 0 Å². The summed E-state index contributed by atoms with van der Waals surface area (Å²) in [7, 11) is 0. The van der Waals surface area contributed by atoms with Crippen LogP contribution in [0, 0.1) is 0 Å². The van der Waals surface area contributed by atoms with Crippen molar-refractivity contribution >= 4 is 17.7 Å². The Morgan fingerprint density at radius 3 is 2.39 bits per heavy atom. The Kier molecular flexibility index (Phi) is 4.34. The molecule has 0 amide bonds. The van der Waals surface area contributed by atoms with E-state index in [4.69, 9.17) is 0 Å². The average Bonchev–Trinajstić information content (AvgIpc) is 2.62. The molecule has 0 bridgehead atoms. The van der Waals surface area contributed by atoms with E-state index in [-0.39, 0.29) is 5.56 Å². The van der Waals surface area contributed by atoms with Crippen LogP contribution in [-0.4, -0.2) is 32.3 Å². The fraction of sp³-hybridized carbons (Fsp3) is 0.0588. The first-order chi connectivity index (χ1) is 11.2. The third-order valence-electron chi connectivity index (χ3n) is 3.25. The van der Waals surface area contributed by atoms with Gasteiger partial charge in [-0.3, -0.25) is 4.98 Å². The zero-order chi connectivity index (χ0) is 16.2. The summed E-state index contributed by atoms with van der Waals surface area (Å²) in [6.45, 7) is 0.